The second kappa shape index (κ2) is 5.95. The fourth-order valence-corrected chi connectivity index (χ4v) is 4.21. The van der Waals surface area contributed by atoms with Gasteiger partial charge < -0.3 is 19.3 Å². The molecule has 138 valence electrons. The maximum Gasteiger partial charge on any atom is 0.334 e. The molecular formula is C19H26O6. The largest absolute Gasteiger partial charge is 0.458 e. The standard InChI is InChI=1S/C19H26O6/c1-10(2)16(20)24-14-9-18(5)6-7-19(22,25-18)11(3)8-13-15(14)12(4)17(21)23-13/h11,13-15,22H,1,4,6-9H2,2-3,5H3/t11-,13+,14+,15-,18-,19+/m0/s1. The molecule has 3 fully saturated rings. The van der Waals surface area contributed by atoms with Crippen molar-refractivity contribution in [3.8, 4) is 0 Å². The Labute approximate surface area is 147 Å². The first-order valence-electron chi connectivity index (χ1n) is 8.73. The Morgan fingerprint density at radius 3 is 2.72 bits per heavy atom. The molecule has 0 aromatic rings. The van der Waals surface area contributed by atoms with Crippen LogP contribution >= 0.6 is 0 Å². The molecule has 0 aromatic heterocycles. The van der Waals surface area contributed by atoms with Crippen LogP contribution in [-0.4, -0.2) is 40.6 Å². The van der Waals surface area contributed by atoms with Gasteiger partial charge in [0.1, 0.15) is 12.2 Å². The molecule has 3 aliphatic heterocycles. The zero-order valence-corrected chi connectivity index (χ0v) is 15.0. The molecular weight excluding hydrogens is 324 g/mol. The van der Waals surface area contributed by atoms with Gasteiger partial charge in [-0.25, -0.2) is 9.59 Å². The van der Waals surface area contributed by atoms with Crippen LogP contribution in [0.4, 0.5) is 0 Å². The second-order valence-electron chi connectivity index (χ2n) is 7.96. The zero-order chi connectivity index (χ0) is 18.6. The van der Waals surface area contributed by atoms with E-state index in [9.17, 15) is 14.7 Å². The van der Waals surface area contributed by atoms with Gasteiger partial charge in [0.15, 0.2) is 5.79 Å². The van der Waals surface area contributed by atoms with Gasteiger partial charge in [0, 0.05) is 29.9 Å². The summed E-state index contributed by atoms with van der Waals surface area (Å²) in [4.78, 5) is 24.2. The van der Waals surface area contributed by atoms with E-state index in [1.165, 1.54) is 0 Å². The molecule has 0 spiro atoms. The highest BCUT2D eigenvalue weighted by atomic mass is 16.6. The third-order valence-corrected chi connectivity index (χ3v) is 5.75. The lowest BCUT2D eigenvalue weighted by Crippen LogP contribution is -2.40. The summed E-state index contributed by atoms with van der Waals surface area (Å²) in [5.74, 6) is -2.91. The van der Waals surface area contributed by atoms with Crippen LogP contribution < -0.4 is 0 Å². The Kier molecular flexibility index (Phi) is 4.32. The average Bonchev–Trinajstić information content (AvgIpc) is 2.97. The summed E-state index contributed by atoms with van der Waals surface area (Å²) in [6.07, 6.45) is 0.812. The van der Waals surface area contributed by atoms with Gasteiger partial charge in [0.2, 0.25) is 0 Å². The van der Waals surface area contributed by atoms with Gasteiger partial charge in [0.05, 0.1) is 11.5 Å². The van der Waals surface area contributed by atoms with Gasteiger partial charge in [-0.1, -0.05) is 20.1 Å². The lowest BCUT2D eigenvalue weighted by molar-refractivity contribution is -0.250. The topological polar surface area (TPSA) is 82.1 Å². The minimum atomic E-state index is -1.26. The maximum atomic E-state index is 12.1. The Morgan fingerprint density at radius 1 is 1.40 bits per heavy atom. The van der Waals surface area contributed by atoms with E-state index in [-0.39, 0.29) is 11.5 Å². The van der Waals surface area contributed by atoms with Crippen LogP contribution in [-0.2, 0) is 23.8 Å². The number of rotatable bonds is 2. The number of esters is 2. The van der Waals surface area contributed by atoms with Gasteiger partial charge >= 0.3 is 11.9 Å². The van der Waals surface area contributed by atoms with Crippen LogP contribution in [0, 0.1) is 11.8 Å². The first kappa shape index (κ1) is 18.1. The van der Waals surface area contributed by atoms with Gasteiger partial charge in [-0.05, 0) is 26.7 Å². The van der Waals surface area contributed by atoms with Crippen LogP contribution in [0.3, 0.4) is 0 Å². The highest BCUT2D eigenvalue weighted by molar-refractivity contribution is 5.91. The van der Waals surface area contributed by atoms with Gasteiger partial charge in [-0.2, -0.15) is 0 Å². The summed E-state index contributed by atoms with van der Waals surface area (Å²) >= 11 is 0. The smallest absolute Gasteiger partial charge is 0.334 e. The van der Waals surface area contributed by atoms with Crippen molar-refractivity contribution < 1.29 is 28.9 Å². The summed E-state index contributed by atoms with van der Waals surface area (Å²) in [5.41, 5.74) is -0.0520. The summed E-state index contributed by atoms with van der Waals surface area (Å²) < 4.78 is 17.2. The second-order valence-corrected chi connectivity index (χ2v) is 7.96. The van der Waals surface area contributed by atoms with Crippen molar-refractivity contribution in [2.45, 2.75) is 70.1 Å². The normalized spacial score (nSPS) is 43.5. The lowest BCUT2D eigenvalue weighted by atomic mass is 9.79. The van der Waals surface area contributed by atoms with Crippen LogP contribution in [0.25, 0.3) is 0 Å². The highest BCUT2D eigenvalue weighted by Crippen LogP contribution is 2.49. The Hall–Kier alpha value is -1.66. The first-order chi connectivity index (χ1) is 11.5. The van der Waals surface area contributed by atoms with Crippen molar-refractivity contribution in [3.63, 3.8) is 0 Å². The number of hydrogen-bond acceptors (Lipinski definition) is 6. The monoisotopic (exact) mass is 350 g/mol. The SMILES string of the molecule is C=C(C)C(=O)O[C@@H]1C[C@]2(C)CC[C@@](O)(O2)[C@@H](C)C[C@H]2OC(=O)C(=C)[C@H]12. The van der Waals surface area contributed by atoms with Crippen LogP contribution in [0.2, 0.25) is 0 Å². The van der Waals surface area contributed by atoms with Crippen molar-refractivity contribution >= 4 is 11.9 Å². The fourth-order valence-electron chi connectivity index (χ4n) is 4.21. The van der Waals surface area contributed by atoms with E-state index in [1.807, 2.05) is 13.8 Å². The zero-order valence-electron chi connectivity index (χ0n) is 15.0. The molecule has 3 saturated heterocycles. The van der Waals surface area contributed by atoms with Crippen LogP contribution in [0.5, 0.6) is 0 Å². The van der Waals surface area contributed by atoms with E-state index in [4.69, 9.17) is 14.2 Å². The number of carbonyl (C=O) groups excluding carboxylic acids is 2. The predicted molar refractivity (Wildman–Crippen MR) is 89.3 cm³/mol. The van der Waals surface area contributed by atoms with E-state index in [0.29, 0.717) is 31.3 Å². The number of fused-ring (bicyclic) bond motifs is 3. The Balaban J connectivity index is 1.98. The van der Waals surface area contributed by atoms with Gasteiger partial charge in [-0.3, -0.25) is 0 Å². The molecule has 6 heteroatoms. The van der Waals surface area contributed by atoms with E-state index >= 15 is 0 Å². The molecule has 3 heterocycles. The number of ether oxygens (including phenoxy) is 3. The van der Waals surface area contributed by atoms with Crippen molar-refractivity contribution in [1.82, 2.24) is 0 Å². The number of aliphatic hydroxyl groups is 1. The van der Waals surface area contributed by atoms with E-state index in [0.717, 1.165) is 0 Å². The number of carbonyl (C=O) groups is 2. The predicted octanol–water partition coefficient (Wildman–Crippen LogP) is 2.26. The summed E-state index contributed by atoms with van der Waals surface area (Å²) in [6, 6.07) is 0. The first-order valence-corrected chi connectivity index (χ1v) is 8.73. The summed E-state index contributed by atoms with van der Waals surface area (Å²) in [5, 5.41) is 10.9. The molecule has 0 unspecified atom stereocenters. The molecule has 0 radical (unpaired) electrons. The van der Waals surface area contributed by atoms with Gasteiger partial charge in [0.25, 0.3) is 0 Å². The van der Waals surface area contributed by atoms with E-state index in [2.05, 4.69) is 13.2 Å². The molecule has 1 N–H and O–H groups in total. The van der Waals surface area contributed by atoms with Crippen molar-refractivity contribution in [1.29, 1.82) is 0 Å². The molecule has 3 aliphatic rings. The molecule has 0 aliphatic carbocycles. The Morgan fingerprint density at radius 2 is 2.08 bits per heavy atom. The van der Waals surface area contributed by atoms with Crippen molar-refractivity contribution in [3.05, 3.63) is 24.3 Å². The number of hydrogen-bond donors (Lipinski definition) is 1. The molecule has 0 saturated carbocycles. The lowest BCUT2D eigenvalue weighted by Gasteiger charge is -2.33. The van der Waals surface area contributed by atoms with Crippen LogP contribution in [0.15, 0.2) is 24.3 Å². The molecule has 25 heavy (non-hydrogen) atoms. The summed E-state index contributed by atoms with van der Waals surface area (Å²) in [6.45, 7) is 12.9. The molecule has 0 amide bonds. The minimum absolute atomic E-state index is 0.226. The third kappa shape index (κ3) is 3.13. The van der Waals surface area contributed by atoms with Crippen molar-refractivity contribution in [2.24, 2.45) is 11.8 Å². The highest BCUT2D eigenvalue weighted by Gasteiger charge is 2.56. The third-order valence-electron chi connectivity index (χ3n) is 5.75. The minimum Gasteiger partial charge on any atom is -0.458 e. The van der Waals surface area contributed by atoms with E-state index < -0.39 is 41.5 Å². The van der Waals surface area contributed by atoms with Crippen molar-refractivity contribution in [2.75, 3.05) is 0 Å². The van der Waals surface area contributed by atoms with Crippen LogP contribution in [0.1, 0.15) is 46.5 Å². The quantitative estimate of drug-likeness (QED) is 0.608. The molecule has 3 rings (SSSR count). The maximum absolute atomic E-state index is 12.1. The molecule has 2 bridgehead atoms. The molecule has 6 nitrogen and oxygen atoms in total. The van der Waals surface area contributed by atoms with Gasteiger partial charge in [-0.15, -0.1) is 0 Å². The molecule has 6 atom stereocenters. The molecule has 0 aromatic carbocycles. The fraction of sp³-hybridized carbons (Fsp3) is 0.684. The van der Waals surface area contributed by atoms with E-state index in [1.54, 1.807) is 6.92 Å². The average molecular weight is 350 g/mol. The Bertz CT molecular complexity index is 640. The summed E-state index contributed by atoms with van der Waals surface area (Å²) in [7, 11) is 0.